The number of halogens is 3. The number of nitrogens with one attached hydrogen (secondary N) is 1. The number of aromatic nitrogens is 3. The first-order valence-corrected chi connectivity index (χ1v) is 14.8. The number of hydrogen-bond acceptors (Lipinski definition) is 8. The maximum atomic E-state index is 13.5. The van der Waals surface area contributed by atoms with Gasteiger partial charge in [0.1, 0.15) is 5.52 Å². The predicted molar refractivity (Wildman–Crippen MR) is 145 cm³/mol. The van der Waals surface area contributed by atoms with Gasteiger partial charge < -0.3 is 15.8 Å². The monoisotopic (exact) mass is 579 g/mol. The highest BCUT2D eigenvalue weighted by Gasteiger charge is 2.52. The summed E-state index contributed by atoms with van der Waals surface area (Å²) in [6.07, 6.45) is -2.21. The zero-order valence-electron chi connectivity index (χ0n) is 22.7. The third-order valence-electron chi connectivity index (χ3n) is 8.47. The number of alkyl halides is 3. The molecule has 3 aromatic rings. The second kappa shape index (κ2) is 9.44. The molecule has 0 bridgehead atoms. The summed E-state index contributed by atoms with van der Waals surface area (Å²) < 4.78 is 71.0. The van der Waals surface area contributed by atoms with Gasteiger partial charge in [0.25, 0.3) is 5.56 Å². The van der Waals surface area contributed by atoms with Gasteiger partial charge in [-0.3, -0.25) is 4.79 Å². The van der Waals surface area contributed by atoms with Crippen molar-refractivity contribution in [2.45, 2.75) is 57.3 Å². The molecule has 3 N–H and O–H groups in total. The molecule has 9 nitrogen and oxygen atoms in total. The second-order valence-corrected chi connectivity index (χ2v) is 13.4. The van der Waals surface area contributed by atoms with E-state index in [1.165, 1.54) is 27.1 Å². The Morgan fingerprint density at radius 2 is 1.82 bits per heavy atom. The van der Waals surface area contributed by atoms with Gasteiger partial charge in [-0.1, -0.05) is 12.1 Å². The summed E-state index contributed by atoms with van der Waals surface area (Å²) in [5, 5.41) is 7.93. The van der Waals surface area contributed by atoms with Gasteiger partial charge in [0.2, 0.25) is 5.88 Å². The molecular weight excluding hydrogens is 547 g/mol. The molecule has 5 rings (SSSR count). The number of nitrogens with two attached hydrogens (primary N) is 1. The van der Waals surface area contributed by atoms with E-state index in [1.54, 1.807) is 19.1 Å². The molecule has 0 amide bonds. The molecule has 2 aliphatic rings. The van der Waals surface area contributed by atoms with Crippen molar-refractivity contribution in [3.63, 3.8) is 0 Å². The molecule has 1 aromatic carbocycles. The van der Waals surface area contributed by atoms with Crippen LogP contribution >= 0.6 is 0 Å². The molecule has 1 saturated heterocycles. The topological polar surface area (TPSA) is 129 Å². The van der Waals surface area contributed by atoms with Crippen molar-refractivity contribution in [1.82, 2.24) is 14.8 Å². The number of ether oxygens (including phenoxy) is 1. The quantitative estimate of drug-likeness (QED) is 0.465. The van der Waals surface area contributed by atoms with Crippen LogP contribution in [0.2, 0.25) is 0 Å². The van der Waals surface area contributed by atoms with Gasteiger partial charge in [0.15, 0.2) is 15.7 Å². The number of rotatable bonds is 5. The summed E-state index contributed by atoms with van der Waals surface area (Å²) in [5.41, 5.74) is 5.77. The Hall–Kier alpha value is -3.19. The van der Waals surface area contributed by atoms with Crippen molar-refractivity contribution >= 4 is 26.6 Å². The van der Waals surface area contributed by atoms with Crippen molar-refractivity contribution in [2.75, 3.05) is 23.9 Å². The lowest BCUT2D eigenvalue weighted by Crippen LogP contribution is -2.54. The van der Waals surface area contributed by atoms with Crippen molar-refractivity contribution in [3.05, 3.63) is 56.9 Å². The number of methoxy groups -OCH3 is 1. The van der Waals surface area contributed by atoms with Crippen LogP contribution in [0, 0.1) is 12.3 Å². The Labute approximate surface area is 229 Å². The van der Waals surface area contributed by atoms with Gasteiger partial charge in [0, 0.05) is 18.2 Å². The van der Waals surface area contributed by atoms with Crippen LogP contribution in [0.3, 0.4) is 0 Å². The van der Waals surface area contributed by atoms with Crippen LogP contribution in [0.1, 0.15) is 60.9 Å². The summed E-state index contributed by atoms with van der Waals surface area (Å²) >= 11 is 0. The van der Waals surface area contributed by atoms with Gasteiger partial charge >= 0.3 is 6.18 Å². The van der Waals surface area contributed by atoms with Crippen LogP contribution in [-0.4, -0.2) is 41.8 Å². The molecule has 40 heavy (non-hydrogen) atoms. The van der Waals surface area contributed by atoms with Crippen LogP contribution in [-0.2, 0) is 28.6 Å². The van der Waals surface area contributed by atoms with Gasteiger partial charge in [-0.25, -0.2) is 18.1 Å². The number of benzene rings is 1. The van der Waals surface area contributed by atoms with E-state index in [1.807, 2.05) is 0 Å². The molecule has 0 unspecified atom stereocenters. The Morgan fingerprint density at radius 3 is 2.40 bits per heavy atom. The van der Waals surface area contributed by atoms with Gasteiger partial charge in [-0.15, -0.1) is 0 Å². The van der Waals surface area contributed by atoms with E-state index in [0.717, 1.165) is 10.7 Å². The number of pyridine rings is 1. The maximum Gasteiger partial charge on any atom is 0.416 e. The number of aryl methyl sites for hydroxylation is 1. The molecule has 3 heterocycles. The van der Waals surface area contributed by atoms with Crippen LogP contribution in [0.4, 0.5) is 19.0 Å². The largest absolute Gasteiger partial charge is 0.481 e. The number of nitrogens with zero attached hydrogens (tertiary/aromatic N) is 3. The van der Waals surface area contributed by atoms with Crippen molar-refractivity contribution in [1.29, 1.82) is 0 Å². The maximum absolute atomic E-state index is 13.5. The van der Waals surface area contributed by atoms with Crippen molar-refractivity contribution in [3.8, 4) is 5.88 Å². The minimum Gasteiger partial charge on any atom is -0.481 e. The van der Waals surface area contributed by atoms with E-state index in [2.05, 4.69) is 15.4 Å². The molecule has 216 valence electrons. The second-order valence-electron chi connectivity index (χ2n) is 11.3. The van der Waals surface area contributed by atoms with E-state index in [4.69, 9.17) is 10.5 Å². The summed E-state index contributed by atoms with van der Waals surface area (Å²) in [4.78, 5) is 17.5. The fraction of sp³-hybridized carbons (Fsp3) is 0.519. The van der Waals surface area contributed by atoms with E-state index in [-0.39, 0.29) is 39.7 Å². The molecule has 0 radical (unpaired) electrons. The van der Waals surface area contributed by atoms with Crippen LogP contribution in [0.5, 0.6) is 5.88 Å². The minimum atomic E-state index is -4.49. The SMILES string of the molecule is COc1nc2c(=O)n(C)nc(N[C@H](C)c3cccc(C(F)(F)F)c3C)c2cc1C1(N)CCC2(CC1)CS(=O)(=O)C2. The minimum absolute atomic E-state index is 0.0783. The average molecular weight is 580 g/mol. The number of fused-ring (bicyclic) bond motifs is 1. The first-order valence-electron chi connectivity index (χ1n) is 13.0. The fourth-order valence-electron chi connectivity index (χ4n) is 6.25. The summed E-state index contributed by atoms with van der Waals surface area (Å²) in [6, 6.07) is 5.15. The van der Waals surface area contributed by atoms with E-state index < -0.39 is 38.7 Å². The summed E-state index contributed by atoms with van der Waals surface area (Å²) in [7, 11) is -0.0871. The predicted octanol–water partition coefficient (Wildman–Crippen LogP) is 3.98. The van der Waals surface area contributed by atoms with Gasteiger partial charge in [-0.05, 0) is 68.2 Å². The smallest absolute Gasteiger partial charge is 0.416 e. The zero-order valence-corrected chi connectivity index (χ0v) is 23.5. The lowest BCUT2D eigenvalue weighted by Gasteiger charge is -2.49. The highest BCUT2D eigenvalue weighted by molar-refractivity contribution is 7.92. The van der Waals surface area contributed by atoms with E-state index in [9.17, 15) is 26.4 Å². The molecular formula is C27H32F3N5O4S. The lowest BCUT2D eigenvalue weighted by atomic mass is 9.67. The lowest BCUT2D eigenvalue weighted by molar-refractivity contribution is -0.138. The van der Waals surface area contributed by atoms with Crippen LogP contribution in [0.15, 0.2) is 29.1 Å². The van der Waals surface area contributed by atoms with E-state index in [0.29, 0.717) is 42.2 Å². The Kier molecular flexibility index (Phi) is 6.69. The highest BCUT2D eigenvalue weighted by Crippen LogP contribution is 2.51. The molecule has 1 saturated carbocycles. The first kappa shape index (κ1) is 28.3. The number of sulfone groups is 1. The molecule has 1 aliphatic heterocycles. The molecule has 13 heteroatoms. The standard InChI is InChI=1S/C27H32F3N5O4S/c1-15-17(6-5-7-19(15)27(28,29)30)16(2)32-22-18-12-20(23(39-4)33-21(18)24(36)35(3)34-22)26(31)10-8-25(9-11-26)13-40(37,38)14-25/h5-7,12,16H,8-11,13-14,31H2,1-4H3,(H,32,34)/t16-/m1/s1. The fourth-order valence-corrected chi connectivity index (χ4v) is 8.61. The third kappa shape index (κ3) is 4.83. The van der Waals surface area contributed by atoms with Gasteiger partial charge in [0.05, 0.1) is 35.6 Å². The Morgan fingerprint density at radius 1 is 1.18 bits per heavy atom. The van der Waals surface area contributed by atoms with Crippen LogP contribution in [0.25, 0.3) is 10.9 Å². The molecule has 1 spiro atoms. The summed E-state index contributed by atoms with van der Waals surface area (Å²) in [5.74, 6) is 0.802. The van der Waals surface area contributed by atoms with Crippen molar-refractivity contribution in [2.24, 2.45) is 18.2 Å². The Balaban J connectivity index is 1.55. The average Bonchev–Trinajstić information content (AvgIpc) is 2.86. The summed E-state index contributed by atoms with van der Waals surface area (Å²) in [6.45, 7) is 3.14. The zero-order chi connectivity index (χ0) is 29.3. The van der Waals surface area contributed by atoms with Crippen molar-refractivity contribution < 1.29 is 26.3 Å². The molecule has 1 aliphatic carbocycles. The highest BCUT2D eigenvalue weighted by atomic mass is 32.2. The molecule has 2 fully saturated rings. The number of hydrogen-bond donors (Lipinski definition) is 2. The molecule has 1 atom stereocenters. The Bertz CT molecular complexity index is 1650. The third-order valence-corrected chi connectivity index (χ3v) is 10.6. The first-order chi connectivity index (χ1) is 18.6. The van der Waals surface area contributed by atoms with E-state index >= 15 is 0 Å². The van der Waals surface area contributed by atoms with Gasteiger partial charge in [-0.2, -0.15) is 18.3 Å². The molecule has 2 aromatic heterocycles. The number of anilines is 1. The normalized spacial score (nSPS) is 20.2. The van der Waals surface area contributed by atoms with Crippen LogP contribution < -0.4 is 21.3 Å².